The summed E-state index contributed by atoms with van der Waals surface area (Å²) in [5.41, 5.74) is 1.99. The van der Waals surface area contributed by atoms with Crippen LogP contribution in [0.2, 0.25) is 5.02 Å². The van der Waals surface area contributed by atoms with Gasteiger partial charge in [0, 0.05) is 19.0 Å². The minimum atomic E-state index is 0.0212. The number of ether oxygens (including phenoxy) is 1. The van der Waals surface area contributed by atoms with E-state index < -0.39 is 0 Å². The number of nitrogens with zero attached hydrogens (tertiary/aromatic N) is 3. The Morgan fingerprint density at radius 2 is 1.83 bits per heavy atom. The number of carbonyl (C=O) groups excluding carboxylic acids is 1. The maximum Gasteiger partial charge on any atom is 0.223 e. The van der Waals surface area contributed by atoms with Crippen molar-refractivity contribution in [3.63, 3.8) is 0 Å². The molecule has 4 rings (SSSR count). The van der Waals surface area contributed by atoms with Crippen LogP contribution in [0.15, 0.2) is 23.2 Å². The van der Waals surface area contributed by atoms with Gasteiger partial charge >= 0.3 is 0 Å². The first-order chi connectivity index (χ1) is 17.3. The summed E-state index contributed by atoms with van der Waals surface area (Å²) in [5.74, 6) is 2.71. The topological polar surface area (TPSA) is 57.2 Å². The van der Waals surface area contributed by atoms with Gasteiger partial charge in [0.05, 0.1) is 10.6 Å². The first-order valence-electron chi connectivity index (χ1n) is 14.0. The molecule has 2 atom stereocenters. The van der Waals surface area contributed by atoms with Gasteiger partial charge in [-0.15, -0.1) is 0 Å². The highest BCUT2D eigenvalue weighted by Crippen LogP contribution is 2.28. The Balaban J connectivity index is 1.15. The van der Waals surface area contributed by atoms with Gasteiger partial charge < -0.3 is 19.9 Å². The Morgan fingerprint density at radius 1 is 1.14 bits per heavy atom. The quantitative estimate of drug-likeness (QED) is 0.480. The number of amides is 1. The number of hydrogen-bond donors (Lipinski definition) is 1. The van der Waals surface area contributed by atoms with Crippen LogP contribution in [0.1, 0.15) is 64.0 Å². The lowest BCUT2D eigenvalue weighted by Crippen LogP contribution is -2.44. The van der Waals surface area contributed by atoms with Crippen LogP contribution in [0.4, 0.5) is 0 Å². The lowest BCUT2D eigenvalue weighted by molar-refractivity contribution is -0.126. The number of aliphatic imine (C=N–C) groups is 1. The molecule has 0 aliphatic carbocycles. The number of aryl methyl sites for hydroxylation is 1. The Labute approximate surface area is 222 Å². The summed E-state index contributed by atoms with van der Waals surface area (Å²) >= 11 is 6.43. The van der Waals surface area contributed by atoms with E-state index in [1.807, 2.05) is 25.1 Å². The Hall–Kier alpha value is -1.63. The minimum absolute atomic E-state index is 0.0212. The van der Waals surface area contributed by atoms with E-state index in [4.69, 9.17) is 21.3 Å². The fourth-order valence-corrected chi connectivity index (χ4v) is 6.20. The molecule has 2 saturated heterocycles. The fraction of sp³-hybridized carbons (Fsp3) is 0.724. The second-order valence-electron chi connectivity index (χ2n) is 11.4. The summed E-state index contributed by atoms with van der Waals surface area (Å²) in [6.45, 7) is 15.8. The van der Waals surface area contributed by atoms with Crippen molar-refractivity contribution in [1.29, 1.82) is 0 Å². The van der Waals surface area contributed by atoms with Gasteiger partial charge in [0.15, 0.2) is 0 Å². The van der Waals surface area contributed by atoms with E-state index in [1.165, 1.54) is 25.9 Å². The highest BCUT2D eigenvalue weighted by molar-refractivity contribution is 6.34. The summed E-state index contributed by atoms with van der Waals surface area (Å²) in [6, 6.07) is 5.97. The largest absolute Gasteiger partial charge is 0.472 e. The SMILES string of the molecule is Cc1cccc(Cl)c1C1=NC(CN2CCC(C(=O)NCCCN3CCC(C(C)C)CC3)CC2)C(C)O1. The van der Waals surface area contributed by atoms with E-state index in [-0.39, 0.29) is 24.0 Å². The van der Waals surface area contributed by atoms with Gasteiger partial charge in [0.25, 0.3) is 0 Å². The molecule has 0 aromatic heterocycles. The molecule has 36 heavy (non-hydrogen) atoms. The van der Waals surface area contributed by atoms with Gasteiger partial charge in [0.2, 0.25) is 11.8 Å². The highest BCUT2D eigenvalue weighted by atomic mass is 35.5. The lowest BCUT2D eigenvalue weighted by atomic mass is 9.87. The Morgan fingerprint density at radius 3 is 2.50 bits per heavy atom. The summed E-state index contributed by atoms with van der Waals surface area (Å²) < 4.78 is 6.11. The molecule has 0 saturated carbocycles. The molecule has 3 aliphatic heterocycles. The van der Waals surface area contributed by atoms with Gasteiger partial charge in [0.1, 0.15) is 12.1 Å². The zero-order valence-electron chi connectivity index (χ0n) is 22.6. The van der Waals surface area contributed by atoms with Crippen molar-refractivity contribution in [3.8, 4) is 0 Å². The van der Waals surface area contributed by atoms with Crippen LogP contribution < -0.4 is 5.32 Å². The number of benzene rings is 1. The van der Waals surface area contributed by atoms with E-state index in [9.17, 15) is 4.79 Å². The van der Waals surface area contributed by atoms with Gasteiger partial charge in [-0.25, -0.2) is 4.99 Å². The third-order valence-corrected chi connectivity index (χ3v) is 8.80. The van der Waals surface area contributed by atoms with Crippen molar-refractivity contribution in [3.05, 3.63) is 34.3 Å². The highest BCUT2D eigenvalue weighted by Gasteiger charge is 2.33. The molecule has 0 radical (unpaired) electrons. The molecule has 3 aliphatic rings. The van der Waals surface area contributed by atoms with Crippen molar-refractivity contribution in [2.75, 3.05) is 45.8 Å². The molecule has 0 spiro atoms. The van der Waals surface area contributed by atoms with Crippen LogP contribution >= 0.6 is 11.6 Å². The predicted octanol–water partition coefficient (Wildman–Crippen LogP) is 4.77. The minimum Gasteiger partial charge on any atom is -0.472 e. The van der Waals surface area contributed by atoms with Crippen LogP contribution in [-0.4, -0.2) is 79.6 Å². The van der Waals surface area contributed by atoms with Gasteiger partial charge in [-0.05, 0) is 102 Å². The molecule has 3 heterocycles. The summed E-state index contributed by atoms with van der Waals surface area (Å²) in [5, 5.41) is 3.89. The Kier molecular flexibility index (Phi) is 9.71. The number of halogens is 1. The van der Waals surface area contributed by atoms with Crippen LogP contribution in [0.5, 0.6) is 0 Å². The van der Waals surface area contributed by atoms with Crippen molar-refractivity contribution in [2.24, 2.45) is 22.7 Å². The van der Waals surface area contributed by atoms with E-state index in [1.54, 1.807) is 0 Å². The molecular formula is C29H45ClN4O2. The summed E-state index contributed by atoms with van der Waals surface area (Å²) in [4.78, 5) is 22.6. The summed E-state index contributed by atoms with van der Waals surface area (Å²) in [6.07, 6.45) is 5.53. The lowest BCUT2D eigenvalue weighted by Gasteiger charge is -2.34. The zero-order chi connectivity index (χ0) is 25.7. The number of rotatable bonds is 9. The van der Waals surface area contributed by atoms with Gasteiger partial charge in [-0.2, -0.15) is 0 Å². The van der Waals surface area contributed by atoms with Crippen molar-refractivity contribution in [1.82, 2.24) is 15.1 Å². The van der Waals surface area contributed by atoms with Crippen LogP contribution in [0, 0.1) is 24.7 Å². The van der Waals surface area contributed by atoms with Gasteiger partial charge in [-0.1, -0.05) is 37.6 Å². The van der Waals surface area contributed by atoms with E-state index in [0.29, 0.717) is 10.9 Å². The number of nitrogens with one attached hydrogen (secondary N) is 1. The molecule has 1 aromatic carbocycles. The first-order valence-corrected chi connectivity index (χ1v) is 14.4. The standard InChI is InChI=1S/C29H45ClN4O2/c1-20(2)23-9-15-33(16-10-23)14-6-13-31-28(35)24-11-17-34(18-12-24)19-26-22(4)36-29(32-26)27-21(3)7-5-8-25(27)30/h5,7-8,20,22-24,26H,6,9-19H2,1-4H3,(H,31,35). The number of likely N-dealkylation sites (tertiary alicyclic amines) is 2. The van der Waals surface area contributed by atoms with Crippen LogP contribution in [0.25, 0.3) is 0 Å². The first kappa shape index (κ1) is 27.4. The molecule has 1 amide bonds. The van der Waals surface area contributed by atoms with E-state index in [2.05, 4.69) is 35.9 Å². The molecule has 2 fully saturated rings. The van der Waals surface area contributed by atoms with E-state index >= 15 is 0 Å². The van der Waals surface area contributed by atoms with Crippen LogP contribution in [0.3, 0.4) is 0 Å². The van der Waals surface area contributed by atoms with Crippen molar-refractivity contribution < 1.29 is 9.53 Å². The molecule has 2 unspecified atom stereocenters. The van der Waals surface area contributed by atoms with Crippen molar-refractivity contribution in [2.45, 2.75) is 71.9 Å². The molecule has 0 bridgehead atoms. The molecule has 1 N–H and O–H groups in total. The summed E-state index contributed by atoms with van der Waals surface area (Å²) in [7, 11) is 0. The second kappa shape index (κ2) is 12.7. The number of carbonyl (C=O) groups is 1. The second-order valence-corrected chi connectivity index (χ2v) is 11.8. The maximum absolute atomic E-state index is 12.7. The normalized spacial score (nSPS) is 24.7. The molecule has 6 nitrogen and oxygen atoms in total. The zero-order valence-corrected chi connectivity index (χ0v) is 23.4. The third-order valence-electron chi connectivity index (χ3n) is 8.49. The fourth-order valence-electron chi connectivity index (χ4n) is 5.90. The molecule has 7 heteroatoms. The predicted molar refractivity (Wildman–Crippen MR) is 148 cm³/mol. The average molecular weight is 517 g/mol. The maximum atomic E-state index is 12.7. The van der Waals surface area contributed by atoms with Crippen LogP contribution in [-0.2, 0) is 9.53 Å². The molecular weight excluding hydrogens is 472 g/mol. The molecule has 200 valence electrons. The average Bonchev–Trinajstić information content (AvgIpc) is 3.21. The van der Waals surface area contributed by atoms with Crippen molar-refractivity contribution >= 4 is 23.4 Å². The van der Waals surface area contributed by atoms with Gasteiger partial charge in [-0.3, -0.25) is 4.79 Å². The monoisotopic (exact) mass is 516 g/mol. The third kappa shape index (κ3) is 7.02. The Bertz CT molecular complexity index is 884. The number of hydrogen-bond acceptors (Lipinski definition) is 5. The number of piperidine rings is 2. The van der Waals surface area contributed by atoms with E-state index in [0.717, 1.165) is 74.9 Å². The molecule has 1 aromatic rings. The smallest absolute Gasteiger partial charge is 0.223 e.